The van der Waals surface area contributed by atoms with Crippen LogP contribution in [0, 0.1) is 5.92 Å². The number of carbonyl (C=O) groups is 1. The smallest absolute Gasteiger partial charge is 0.133 e. The number of carbonyl (C=O) groups excluding carboxylic acids is 1. The first-order chi connectivity index (χ1) is 6.28. The number of rotatable bonds is 3. The van der Waals surface area contributed by atoms with E-state index in [0.29, 0.717) is 31.1 Å². The molecule has 1 heterocycles. The van der Waals surface area contributed by atoms with Crippen molar-refractivity contribution in [3.05, 3.63) is 11.9 Å². The van der Waals surface area contributed by atoms with Crippen molar-refractivity contribution in [2.45, 2.75) is 25.9 Å². The van der Waals surface area contributed by atoms with Crippen molar-refractivity contribution in [3.8, 4) is 0 Å². The van der Waals surface area contributed by atoms with Crippen LogP contribution in [0.15, 0.2) is 6.20 Å². The second-order valence-corrected chi connectivity index (χ2v) is 3.45. The lowest BCUT2D eigenvalue weighted by Crippen LogP contribution is -2.27. The van der Waals surface area contributed by atoms with Crippen LogP contribution in [0.1, 0.15) is 18.5 Å². The molecule has 1 aliphatic rings. The molecular formula is C8H12N4O. The number of nitrogens with zero attached hydrogens (tertiary/aromatic N) is 3. The molecule has 2 rings (SSSR count). The maximum Gasteiger partial charge on any atom is 0.133 e. The van der Waals surface area contributed by atoms with Gasteiger partial charge in [0.05, 0.1) is 5.69 Å². The molecule has 0 saturated heterocycles. The van der Waals surface area contributed by atoms with Gasteiger partial charge in [-0.3, -0.25) is 9.48 Å². The van der Waals surface area contributed by atoms with Crippen molar-refractivity contribution >= 4 is 5.78 Å². The molecule has 1 aromatic heterocycles. The Morgan fingerprint density at radius 1 is 1.62 bits per heavy atom. The summed E-state index contributed by atoms with van der Waals surface area (Å²) in [7, 11) is 0. The largest absolute Gasteiger partial charge is 0.325 e. The molecule has 0 aromatic carbocycles. The minimum absolute atomic E-state index is 0.351. The molecule has 0 bridgehead atoms. The molecule has 1 aliphatic carbocycles. The van der Waals surface area contributed by atoms with Crippen molar-refractivity contribution in [2.24, 2.45) is 11.7 Å². The van der Waals surface area contributed by atoms with E-state index in [9.17, 15) is 4.79 Å². The standard InChI is InChI=1S/C8H12N4O/c9-3-7-5-12(11-10-7)4-6-1-8(13)2-6/h5-6H,1-4,9H2. The number of Topliss-reactive ketones (excluding diaryl/α,β-unsaturated/α-hetero) is 1. The Hall–Kier alpha value is -1.23. The van der Waals surface area contributed by atoms with Crippen LogP contribution in [0.2, 0.25) is 0 Å². The van der Waals surface area contributed by atoms with Gasteiger partial charge in [0.15, 0.2) is 0 Å². The van der Waals surface area contributed by atoms with Crippen LogP contribution in [0.4, 0.5) is 0 Å². The molecule has 0 amide bonds. The van der Waals surface area contributed by atoms with E-state index in [0.717, 1.165) is 12.2 Å². The summed E-state index contributed by atoms with van der Waals surface area (Å²) in [5.74, 6) is 0.809. The highest BCUT2D eigenvalue weighted by atomic mass is 16.1. The molecule has 0 aliphatic heterocycles. The quantitative estimate of drug-likeness (QED) is 0.694. The average molecular weight is 180 g/mol. The summed E-state index contributed by atoms with van der Waals surface area (Å²) in [6, 6.07) is 0. The molecular weight excluding hydrogens is 168 g/mol. The van der Waals surface area contributed by atoms with Gasteiger partial charge in [-0.05, 0) is 5.92 Å². The number of hydrogen-bond donors (Lipinski definition) is 1. The number of hydrogen-bond acceptors (Lipinski definition) is 4. The first-order valence-electron chi connectivity index (χ1n) is 4.38. The first kappa shape index (κ1) is 8.37. The second kappa shape index (κ2) is 3.26. The fraction of sp³-hybridized carbons (Fsp3) is 0.625. The van der Waals surface area contributed by atoms with Gasteiger partial charge >= 0.3 is 0 Å². The first-order valence-corrected chi connectivity index (χ1v) is 4.38. The molecule has 1 saturated carbocycles. The van der Waals surface area contributed by atoms with Gasteiger partial charge in [-0.25, -0.2) is 0 Å². The highest BCUT2D eigenvalue weighted by molar-refractivity contribution is 5.84. The monoisotopic (exact) mass is 180 g/mol. The lowest BCUT2D eigenvalue weighted by Gasteiger charge is -2.23. The topological polar surface area (TPSA) is 73.8 Å². The van der Waals surface area contributed by atoms with E-state index in [1.54, 1.807) is 4.68 Å². The molecule has 5 heteroatoms. The zero-order chi connectivity index (χ0) is 9.26. The van der Waals surface area contributed by atoms with Gasteiger partial charge in [-0.2, -0.15) is 0 Å². The van der Waals surface area contributed by atoms with Crippen molar-refractivity contribution in [1.29, 1.82) is 0 Å². The van der Waals surface area contributed by atoms with Crippen LogP contribution < -0.4 is 5.73 Å². The Morgan fingerprint density at radius 2 is 2.38 bits per heavy atom. The summed E-state index contributed by atoms with van der Waals surface area (Å²) >= 11 is 0. The van der Waals surface area contributed by atoms with Crippen LogP contribution in [-0.4, -0.2) is 20.8 Å². The zero-order valence-corrected chi connectivity index (χ0v) is 7.31. The third-order valence-electron chi connectivity index (χ3n) is 2.27. The van der Waals surface area contributed by atoms with Gasteiger partial charge < -0.3 is 5.73 Å². The molecule has 1 fully saturated rings. The summed E-state index contributed by atoms with van der Waals surface area (Å²) in [4.78, 5) is 10.7. The molecule has 1 aromatic rings. The maximum atomic E-state index is 10.7. The fourth-order valence-corrected chi connectivity index (χ4v) is 1.50. The average Bonchev–Trinajstić information content (AvgIpc) is 2.50. The van der Waals surface area contributed by atoms with E-state index in [2.05, 4.69) is 10.3 Å². The molecule has 0 atom stereocenters. The summed E-state index contributed by atoms with van der Waals surface area (Å²) in [5.41, 5.74) is 6.19. The van der Waals surface area contributed by atoms with E-state index in [1.165, 1.54) is 0 Å². The number of aromatic nitrogens is 3. The third kappa shape index (κ3) is 1.75. The van der Waals surface area contributed by atoms with Crippen LogP contribution in [0.5, 0.6) is 0 Å². The Bertz CT molecular complexity index is 312. The molecule has 0 spiro atoms. The third-order valence-corrected chi connectivity index (χ3v) is 2.27. The number of ketones is 1. The molecule has 13 heavy (non-hydrogen) atoms. The minimum atomic E-state index is 0.351. The molecule has 2 N–H and O–H groups in total. The predicted octanol–water partition coefficient (Wildman–Crippen LogP) is -0.284. The Morgan fingerprint density at radius 3 is 2.92 bits per heavy atom. The zero-order valence-electron chi connectivity index (χ0n) is 7.31. The van der Waals surface area contributed by atoms with E-state index in [1.807, 2.05) is 6.20 Å². The van der Waals surface area contributed by atoms with Crippen molar-refractivity contribution in [2.75, 3.05) is 0 Å². The van der Waals surface area contributed by atoms with Crippen molar-refractivity contribution in [3.63, 3.8) is 0 Å². The molecule has 5 nitrogen and oxygen atoms in total. The Labute approximate surface area is 75.9 Å². The van der Waals surface area contributed by atoms with Gasteiger partial charge in [0.1, 0.15) is 5.78 Å². The SMILES string of the molecule is NCc1cn(CC2CC(=O)C2)nn1. The fourth-order valence-electron chi connectivity index (χ4n) is 1.50. The lowest BCUT2D eigenvalue weighted by molar-refractivity contribution is -0.127. The minimum Gasteiger partial charge on any atom is -0.325 e. The van der Waals surface area contributed by atoms with Crippen LogP contribution in [0.25, 0.3) is 0 Å². The van der Waals surface area contributed by atoms with Gasteiger partial charge in [-0.1, -0.05) is 5.21 Å². The molecule has 0 unspecified atom stereocenters. The van der Waals surface area contributed by atoms with E-state index in [4.69, 9.17) is 5.73 Å². The van der Waals surface area contributed by atoms with Crippen molar-refractivity contribution in [1.82, 2.24) is 15.0 Å². The Kier molecular flexibility index (Phi) is 2.10. The summed E-state index contributed by atoms with van der Waals surface area (Å²) in [6.45, 7) is 1.21. The summed E-state index contributed by atoms with van der Waals surface area (Å²) in [5, 5.41) is 7.78. The van der Waals surface area contributed by atoms with Crippen LogP contribution in [-0.2, 0) is 17.9 Å². The van der Waals surface area contributed by atoms with Crippen LogP contribution >= 0.6 is 0 Å². The lowest BCUT2D eigenvalue weighted by atomic mass is 9.84. The summed E-state index contributed by atoms with van der Waals surface area (Å²) in [6.07, 6.45) is 3.22. The number of nitrogens with two attached hydrogens (primary N) is 1. The van der Waals surface area contributed by atoms with E-state index < -0.39 is 0 Å². The maximum absolute atomic E-state index is 10.7. The molecule has 70 valence electrons. The van der Waals surface area contributed by atoms with E-state index in [-0.39, 0.29) is 0 Å². The normalized spacial score (nSPS) is 17.5. The highest BCUT2D eigenvalue weighted by Crippen LogP contribution is 2.23. The van der Waals surface area contributed by atoms with Gasteiger partial charge in [0, 0.05) is 32.1 Å². The van der Waals surface area contributed by atoms with Gasteiger partial charge in [0.25, 0.3) is 0 Å². The van der Waals surface area contributed by atoms with Crippen LogP contribution in [0.3, 0.4) is 0 Å². The predicted molar refractivity (Wildman–Crippen MR) is 45.6 cm³/mol. The van der Waals surface area contributed by atoms with Crippen molar-refractivity contribution < 1.29 is 4.79 Å². The van der Waals surface area contributed by atoms with E-state index >= 15 is 0 Å². The van der Waals surface area contributed by atoms with Gasteiger partial charge in [-0.15, -0.1) is 5.10 Å². The Balaban J connectivity index is 1.90. The summed E-state index contributed by atoms with van der Waals surface area (Å²) < 4.78 is 1.76. The molecule has 0 radical (unpaired) electrons. The highest BCUT2D eigenvalue weighted by Gasteiger charge is 2.26. The van der Waals surface area contributed by atoms with Gasteiger partial charge in [0.2, 0.25) is 0 Å². The second-order valence-electron chi connectivity index (χ2n) is 3.45.